The van der Waals surface area contributed by atoms with E-state index >= 15 is 0 Å². The predicted molar refractivity (Wildman–Crippen MR) is 35.2 cm³/mol. The summed E-state index contributed by atoms with van der Waals surface area (Å²) in [7, 11) is 0. The van der Waals surface area contributed by atoms with Crippen LogP contribution in [0.1, 0.15) is 5.69 Å². The molecule has 1 rings (SSSR count). The SMILES string of the molecule is Cc1cc(=O)[nH]c([S-])n1. The summed E-state index contributed by atoms with van der Waals surface area (Å²) in [5.41, 5.74) is 0.469. The van der Waals surface area contributed by atoms with Crippen LogP contribution >= 0.6 is 0 Å². The van der Waals surface area contributed by atoms with Crippen molar-refractivity contribution in [1.29, 1.82) is 0 Å². The molecule has 0 atom stereocenters. The van der Waals surface area contributed by atoms with Gasteiger partial charge in [0.05, 0.1) is 0 Å². The minimum absolute atomic E-state index is 0.187. The highest BCUT2D eigenvalue weighted by Crippen LogP contribution is 1.84. The summed E-state index contributed by atoms with van der Waals surface area (Å²) >= 11 is 4.62. The maximum Gasteiger partial charge on any atom is 0.249 e. The third kappa shape index (κ3) is 1.50. The highest BCUT2D eigenvalue weighted by Gasteiger charge is 1.83. The fourth-order valence-corrected chi connectivity index (χ4v) is 0.796. The molecule has 48 valence electrons. The van der Waals surface area contributed by atoms with E-state index in [-0.39, 0.29) is 10.7 Å². The van der Waals surface area contributed by atoms with E-state index in [1.54, 1.807) is 6.92 Å². The van der Waals surface area contributed by atoms with Crippen LogP contribution in [-0.2, 0) is 12.6 Å². The van der Waals surface area contributed by atoms with Crippen LogP contribution in [0.5, 0.6) is 0 Å². The molecule has 1 aromatic heterocycles. The Morgan fingerprint density at radius 1 is 1.78 bits per heavy atom. The summed E-state index contributed by atoms with van der Waals surface area (Å²) in [5, 5.41) is 0.250. The lowest BCUT2D eigenvalue weighted by atomic mass is 10.5. The molecule has 0 radical (unpaired) electrons. The minimum atomic E-state index is -0.187. The van der Waals surface area contributed by atoms with Gasteiger partial charge in [0.2, 0.25) is 5.56 Å². The fourth-order valence-electron chi connectivity index (χ4n) is 0.552. The number of hydrogen-bond acceptors (Lipinski definition) is 3. The lowest BCUT2D eigenvalue weighted by molar-refractivity contribution is 0.910. The summed E-state index contributed by atoms with van der Waals surface area (Å²) in [5.74, 6) is 0. The highest BCUT2D eigenvalue weighted by molar-refractivity contribution is 7.58. The Kier molecular flexibility index (Phi) is 1.48. The van der Waals surface area contributed by atoms with Crippen LogP contribution < -0.4 is 5.56 Å². The zero-order chi connectivity index (χ0) is 6.85. The molecule has 4 heteroatoms. The molecule has 0 spiro atoms. The Balaban J connectivity index is 3.33. The summed E-state index contributed by atoms with van der Waals surface area (Å²) in [6.45, 7) is 1.73. The van der Waals surface area contributed by atoms with Crippen LogP contribution in [0.15, 0.2) is 16.0 Å². The lowest BCUT2D eigenvalue weighted by Gasteiger charge is -2.01. The molecular weight excluding hydrogens is 136 g/mol. The normalized spacial score (nSPS) is 9.44. The average Bonchev–Trinajstić information content (AvgIpc) is 1.59. The molecular formula is C5H5N2OS-. The molecule has 0 saturated heterocycles. The van der Waals surface area contributed by atoms with E-state index in [0.717, 1.165) is 0 Å². The molecule has 0 aromatic carbocycles. The van der Waals surface area contributed by atoms with Gasteiger partial charge in [-0.3, -0.25) is 9.78 Å². The topological polar surface area (TPSA) is 45.8 Å². The highest BCUT2D eigenvalue weighted by atomic mass is 32.1. The number of rotatable bonds is 0. The Labute approximate surface area is 57.6 Å². The molecule has 0 saturated carbocycles. The first-order valence-electron chi connectivity index (χ1n) is 2.43. The molecule has 0 aliphatic rings. The van der Waals surface area contributed by atoms with Crippen LogP contribution in [0.2, 0.25) is 0 Å². The van der Waals surface area contributed by atoms with Crippen molar-refractivity contribution >= 4 is 12.6 Å². The standard InChI is InChI=1S/C5H6N2OS/c1-3-2-4(8)7-5(9)6-3/h2H,1H3,(H2,6,7,8,9)/p-1. The second-order valence-corrected chi connectivity index (χ2v) is 2.08. The van der Waals surface area contributed by atoms with E-state index in [2.05, 4.69) is 22.6 Å². The van der Waals surface area contributed by atoms with E-state index in [0.29, 0.717) is 5.69 Å². The summed E-state index contributed by atoms with van der Waals surface area (Å²) < 4.78 is 0. The molecule has 3 nitrogen and oxygen atoms in total. The predicted octanol–water partition coefficient (Wildman–Crippen LogP) is -0.0159. The smallest absolute Gasteiger partial charge is 0.249 e. The third-order valence-corrected chi connectivity index (χ3v) is 1.04. The van der Waals surface area contributed by atoms with Crippen molar-refractivity contribution < 1.29 is 0 Å². The van der Waals surface area contributed by atoms with Crippen LogP contribution in [0.25, 0.3) is 0 Å². The van der Waals surface area contributed by atoms with Crippen molar-refractivity contribution in [2.75, 3.05) is 0 Å². The van der Waals surface area contributed by atoms with Gasteiger partial charge < -0.3 is 17.6 Å². The van der Waals surface area contributed by atoms with Crippen LogP contribution in [0, 0.1) is 6.92 Å². The summed E-state index contributed by atoms with van der Waals surface area (Å²) in [4.78, 5) is 16.7. The molecule has 0 amide bonds. The second-order valence-electron chi connectivity index (χ2n) is 1.69. The van der Waals surface area contributed by atoms with Crippen molar-refractivity contribution in [2.24, 2.45) is 0 Å². The van der Waals surface area contributed by atoms with E-state index in [9.17, 15) is 4.79 Å². The average molecular weight is 141 g/mol. The first-order valence-corrected chi connectivity index (χ1v) is 2.84. The van der Waals surface area contributed by atoms with E-state index in [1.165, 1.54) is 6.07 Å². The van der Waals surface area contributed by atoms with Gasteiger partial charge in [-0.1, -0.05) is 0 Å². The van der Waals surface area contributed by atoms with Crippen molar-refractivity contribution in [3.8, 4) is 0 Å². The molecule has 0 fully saturated rings. The zero-order valence-electron chi connectivity index (χ0n) is 4.84. The fraction of sp³-hybridized carbons (Fsp3) is 0.200. The van der Waals surface area contributed by atoms with Gasteiger partial charge in [-0.2, -0.15) is 0 Å². The summed E-state index contributed by atoms with van der Waals surface area (Å²) in [6, 6.07) is 1.40. The lowest BCUT2D eigenvalue weighted by Crippen LogP contribution is -2.07. The number of hydrogen-bond donors (Lipinski definition) is 1. The first kappa shape index (κ1) is 6.22. The number of aromatic amines is 1. The van der Waals surface area contributed by atoms with Gasteiger partial charge in [0.25, 0.3) is 0 Å². The van der Waals surface area contributed by atoms with Crippen LogP contribution in [0.3, 0.4) is 0 Å². The molecule has 1 aromatic rings. The van der Waals surface area contributed by atoms with Crippen molar-refractivity contribution in [3.63, 3.8) is 0 Å². The Morgan fingerprint density at radius 2 is 2.44 bits per heavy atom. The molecule has 0 bridgehead atoms. The Bertz CT molecular complexity index is 245. The van der Waals surface area contributed by atoms with Gasteiger partial charge >= 0.3 is 0 Å². The van der Waals surface area contributed by atoms with Gasteiger partial charge in [-0.25, -0.2) is 0 Å². The van der Waals surface area contributed by atoms with Crippen molar-refractivity contribution in [3.05, 3.63) is 22.1 Å². The van der Waals surface area contributed by atoms with Crippen molar-refractivity contribution in [2.45, 2.75) is 12.1 Å². The molecule has 9 heavy (non-hydrogen) atoms. The second kappa shape index (κ2) is 2.14. The first-order chi connectivity index (χ1) is 4.18. The van der Waals surface area contributed by atoms with Crippen LogP contribution in [0.4, 0.5) is 0 Å². The molecule has 1 heterocycles. The zero-order valence-corrected chi connectivity index (χ0v) is 5.66. The van der Waals surface area contributed by atoms with Gasteiger partial charge in [0, 0.05) is 11.8 Å². The monoisotopic (exact) mass is 141 g/mol. The number of nitrogens with one attached hydrogen (secondary N) is 1. The number of aromatic nitrogens is 2. The third-order valence-electron chi connectivity index (χ3n) is 0.848. The molecule has 0 unspecified atom stereocenters. The van der Waals surface area contributed by atoms with Crippen LogP contribution in [-0.4, -0.2) is 9.97 Å². The van der Waals surface area contributed by atoms with E-state index in [4.69, 9.17) is 0 Å². The molecule has 1 N–H and O–H groups in total. The maximum atomic E-state index is 10.5. The summed E-state index contributed by atoms with van der Waals surface area (Å²) in [6.07, 6.45) is 0. The van der Waals surface area contributed by atoms with Gasteiger partial charge in [-0.05, 0) is 12.1 Å². The number of nitrogens with zero attached hydrogens (tertiary/aromatic N) is 1. The number of aryl methyl sites for hydroxylation is 1. The van der Waals surface area contributed by atoms with E-state index < -0.39 is 0 Å². The van der Waals surface area contributed by atoms with Gasteiger partial charge in [0.1, 0.15) is 0 Å². The number of H-pyrrole nitrogens is 1. The molecule has 0 aliphatic carbocycles. The van der Waals surface area contributed by atoms with Gasteiger partial charge in [0.15, 0.2) is 0 Å². The van der Waals surface area contributed by atoms with Gasteiger partial charge in [-0.15, -0.1) is 0 Å². The van der Waals surface area contributed by atoms with E-state index in [1.807, 2.05) is 0 Å². The Morgan fingerprint density at radius 3 is 2.89 bits per heavy atom. The maximum absolute atomic E-state index is 10.5. The molecule has 0 aliphatic heterocycles. The largest absolute Gasteiger partial charge is 0.742 e. The quantitative estimate of drug-likeness (QED) is 0.408. The van der Waals surface area contributed by atoms with Crippen molar-refractivity contribution in [1.82, 2.24) is 9.97 Å². The minimum Gasteiger partial charge on any atom is -0.742 e. The Hall–Kier alpha value is -0.900.